The Bertz CT molecular complexity index is 509. The lowest BCUT2D eigenvalue weighted by molar-refractivity contribution is -0.108. The van der Waals surface area contributed by atoms with Crippen molar-refractivity contribution in [3.63, 3.8) is 0 Å². The minimum Gasteiger partial charge on any atom is -0.302 e. The van der Waals surface area contributed by atoms with E-state index in [4.69, 9.17) is 5.26 Å². The highest BCUT2D eigenvalue weighted by Crippen LogP contribution is 2.24. The number of fused-ring (bicyclic) bond motifs is 1. The molecule has 2 aromatic rings. The van der Waals surface area contributed by atoms with E-state index in [1.54, 1.807) is 11.3 Å². The summed E-state index contributed by atoms with van der Waals surface area (Å²) < 4.78 is 1.18. The van der Waals surface area contributed by atoms with Crippen molar-refractivity contribution in [1.82, 2.24) is 0 Å². The third-order valence-corrected chi connectivity index (χ3v) is 3.01. The molecule has 0 aliphatic heterocycles. The first-order valence-electron chi connectivity index (χ1n) is 4.17. The smallest absolute Gasteiger partial charge is 0.141 e. The Morgan fingerprint density at radius 2 is 2.29 bits per heavy atom. The van der Waals surface area contributed by atoms with Crippen molar-refractivity contribution in [2.24, 2.45) is 0 Å². The molecule has 1 unspecified atom stereocenters. The van der Waals surface area contributed by atoms with Crippen LogP contribution in [0.2, 0.25) is 0 Å². The van der Waals surface area contributed by atoms with E-state index in [-0.39, 0.29) is 0 Å². The van der Waals surface area contributed by atoms with Crippen LogP contribution in [-0.2, 0) is 4.79 Å². The van der Waals surface area contributed by atoms with E-state index >= 15 is 0 Å². The lowest BCUT2D eigenvalue weighted by atomic mass is 10.0. The van der Waals surface area contributed by atoms with Gasteiger partial charge in [0, 0.05) is 4.70 Å². The second-order valence-corrected chi connectivity index (χ2v) is 3.91. The Kier molecular flexibility index (Phi) is 2.30. The average molecular weight is 201 g/mol. The summed E-state index contributed by atoms with van der Waals surface area (Å²) in [5, 5.41) is 11.8. The molecule has 68 valence electrons. The number of carbonyl (C=O) groups excluding carboxylic acids is 1. The van der Waals surface area contributed by atoms with Crippen molar-refractivity contribution in [1.29, 1.82) is 5.26 Å². The third kappa shape index (κ3) is 1.40. The van der Waals surface area contributed by atoms with Crippen LogP contribution < -0.4 is 0 Å². The number of thiophene rings is 1. The Labute approximate surface area is 85.4 Å². The average Bonchev–Trinajstić information content (AvgIpc) is 2.66. The maximum Gasteiger partial charge on any atom is 0.141 e. The molecule has 14 heavy (non-hydrogen) atoms. The van der Waals surface area contributed by atoms with Crippen molar-refractivity contribution < 1.29 is 4.79 Å². The summed E-state index contributed by atoms with van der Waals surface area (Å²) in [5.74, 6) is -0.640. The number of aldehydes is 1. The molecule has 1 aromatic heterocycles. The van der Waals surface area contributed by atoms with Crippen molar-refractivity contribution in [3.8, 4) is 6.07 Å². The minimum atomic E-state index is -0.640. The normalized spacial score (nSPS) is 12.2. The predicted octanol–water partition coefficient (Wildman–Crippen LogP) is 2.71. The van der Waals surface area contributed by atoms with Gasteiger partial charge in [0.15, 0.2) is 0 Å². The zero-order valence-corrected chi connectivity index (χ0v) is 8.12. The van der Waals surface area contributed by atoms with Gasteiger partial charge in [-0.3, -0.25) is 0 Å². The van der Waals surface area contributed by atoms with Gasteiger partial charge in [0.05, 0.1) is 6.07 Å². The third-order valence-electron chi connectivity index (χ3n) is 2.11. The van der Waals surface area contributed by atoms with Crippen molar-refractivity contribution in [2.45, 2.75) is 5.92 Å². The minimum absolute atomic E-state index is 0.640. The monoisotopic (exact) mass is 201 g/mol. The number of nitriles is 1. The van der Waals surface area contributed by atoms with Gasteiger partial charge in [0.1, 0.15) is 12.2 Å². The molecule has 0 saturated heterocycles. The van der Waals surface area contributed by atoms with Gasteiger partial charge in [-0.1, -0.05) is 6.07 Å². The van der Waals surface area contributed by atoms with Crippen LogP contribution in [0.5, 0.6) is 0 Å². The van der Waals surface area contributed by atoms with Crippen LogP contribution >= 0.6 is 11.3 Å². The van der Waals surface area contributed by atoms with Crippen LogP contribution in [0.1, 0.15) is 11.5 Å². The molecule has 3 heteroatoms. The molecular weight excluding hydrogens is 194 g/mol. The van der Waals surface area contributed by atoms with Crippen LogP contribution in [0.4, 0.5) is 0 Å². The second kappa shape index (κ2) is 3.60. The zero-order chi connectivity index (χ0) is 9.97. The first kappa shape index (κ1) is 8.92. The molecule has 0 bridgehead atoms. The highest BCUT2D eigenvalue weighted by atomic mass is 32.1. The molecule has 1 heterocycles. The van der Waals surface area contributed by atoms with E-state index in [1.807, 2.05) is 35.7 Å². The van der Waals surface area contributed by atoms with Gasteiger partial charge in [-0.25, -0.2) is 0 Å². The van der Waals surface area contributed by atoms with Crippen LogP contribution in [-0.4, -0.2) is 6.29 Å². The standard InChI is InChI=1S/C11H7NOS/c12-6-10(7-13)8-1-2-11-9(5-8)3-4-14-11/h1-5,7,10H. The van der Waals surface area contributed by atoms with E-state index in [9.17, 15) is 4.79 Å². The SMILES string of the molecule is N#CC(C=O)c1ccc2sccc2c1. The van der Waals surface area contributed by atoms with Crippen molar-refractivity contribution in [3.05, 3.63) is 35.2 Å². The summed E-state index contributed by atoms with van der Waals surface area (Å²) in [4.78, 5) is 10.6. The molecule has 0 radical (unpaired) electrons. The highest BCUT2D eigenvalue weighted by molar-refractivity contribution is 7.17. The van der Waals surface area contributed by atoms with Crippen LogP contribution in [0.25, 0.3) is 10.1 Å². The fourth-order valence-electron chi connectivity index (χ4n) is 1.36. The molecular formula is C11H7NOS. The fraction of sp³-hybridized carbons (Fsp3) is 0.0909. The van der Waals surface area contributed by atoms with Crippen LogP contribution in [0.15, 0.2) is 29.6 Å². The molecule has 0 amide bonds. The summed E-state index contributed by atoms with van der Waals surface area (Å²) in [6.45, 7) is 0. The number of hydrogen-bond acceptors (Lipinski definition) is 3. The van der Waals surface area contributed by atoms with Gasteiger partial charge in [-0.2, -0.15) is 5.26 Å². The molecule has 0 aliphatic carbocycles. The molecule has 1 aromatic carbocycles. The molecule has 2 rings (SSSR count). The maximum absolute atomic E-state index is 10.6. The van der Waals surface area contributed by atoms with Crippen LogP contribution in [0.3, 0.4) is 0 Å². The van der Waals surface area contributed by atoms with Crippen LogP contribution in [0, 0.1) is 11.3 Å². The number of rotatable bonds is 2. The summed E-state index contributed by atoms with van der Waals surface area (Å²) >= 11 is 1.65. The largest absolute Gasteiger partial charge is 0.302 e. The summed E-state index contributed by atoms with van der Waals surface area (Å²) in [5.41, 5.74) is 0.772. The molecule has 2 nitrogen and oxygen atoms in total. The van der Waals surface area contributed by atoms with Gasteiger partial charge in [-0.15, -0.1) is 11.3 Å². The second-order valence-electron chi connectivity index (χ2n) is 2.96. The maximum atomic E-state index is 10.6. The molecule has 0 spiro atoms. The van der Waals surface area contributed by atoms with Crippen molar-refractivity contribution in [2.75, 3.05) is 0 Å². The fourth-order valence-corrected chi connectivity index (χ4v) is 2.13. The molecule has 0 fully saturated rings. The summed E-state index contributed by atoms with van der Waals surface area (Å²) in [7, 11) is 0. The zero-order valence-electron chi connectivity index (χ0n) is 7.31. The predicted molar refractivity (Wildman–Crippen MR) is 56.2 cm³/mol. The Balaban J connectivity index is 2.54. The number of carbonyl (C=O) groups is 1. The number of hydrogen-bond donors (Lipinski definition) is 0. The Hall–Kier alpha value is -1.66. The van der Waals surface area contributed by atoms with Gasteiger partial charge in [-0.05, 0) is 34.5 Å². The molecule has 0 aliphatic rings. The van der Waals surface area contributed by atoms with Crippen molar-refractivity contribution >= 4 is 27.7 Å². The first-order chi connectivity index (χ1) is 6.85. The number of benzene rings is 1. The first-order valence-corrected chi connectivity index (χ1v) is 5.05. The number of nitrogens with zero attached hydrogens (tertiary/aromatic N) is 1. The molecule has 0 saturated carbocycles. The van der Waals surface area contributed by atoms with Gasteiger partial charge in [0.2, 0.25) is 0 Å². The van der Waals surface area contributed by atoms with Gasteiger partial charge >= 0.3 is 0 Å². The van der Waals surface area contributed by atoms with E-state index < -0.39 is 5.92 Å². The van der Waals surface area contributed by atoms with E-state index in [2.05, 4.69) is 0 Å². The quantitative estimate of drug-likeness (QED) is 0.701. The van der Waals surface area contributed by atoms with E-state index in [0.29, 0.717) is 6.29 Å². The Morgan fingerprint density at radius 3 is 3.00 bits per heavy atom. The summed E-state index contributed by atoms with van der Waals surface area (Å²) in [6, 6.07) is 9.63. The topological polar surface area (TPSA) is 40.9 Å². The lowest BCUT2D eigenvalue weighted by Gasteiger charge is -2.00. The van der Waals surface area contributed by atoms with E-state index in [1.165, 1.54) is 4.70 Å². The Morgan fingerprint density at radius 1 is 1.43 bits per heavy atom. The van der Waals surface area contributed by atoms with Gasteiger partial charge < -0.3 is 4.79 Å². The summed E-state index contributed by atoms with van der Waals surface area (Å²) in [6.07, 6.45) is 0.674. The molecule has 1 atom stereocenters. The van der Waals surface area contributed by atoms with Gasteiger partial charge in [0.25, 0.3) is 0 Å². The van der Waals surface area contributed by atoms with E-state index in [0.717, 1.165) is 10.9 Å². The lowest BCUT2D eigenvalue weighted by Crippen LogP contribution is -1.95. The molecule has 0 N–H and O–H groups in total. The highest BCUT2D eigenvalue weighted by Gasteiger charge is 2.09.